The van der Waals surface area contributed by atoms with Crippen LogP contribution < -0.4 is 4.74 Å². The highest BCUT2D eigenvalue weighted by molar-refractivity contribution is 6.10. The normalized spacial score (nSPS) is 22.1. The summed E-state index contributed by atoms with van der Waals surface area (Å²) in [7, 11) is 0. The first kappa shape index (κ1) is 25.9. The molecule has 2 aromatic carbocycles. The van der Waals surface area contributed by atoms with Crippen molar-refractivity contribution in [3.63, 3.8) is 0 Å². The number of nitrogens with zero attached hydrogens (tertiary/aromatic N) is 3. The van der Waals surface area contributed by atoms with Crippen LogP contribution in [-0.2, 0) is 9.59 Å². The zero-order valence-corrected chi connectivity index (χ0v) is 21.2. The first-order valence-corrected chi connectivity index (χ1v) is 12.7. The Hall–Kier alpha value is -5.39. The van der Waals surface area contributed by atoms with Gasteiger partial charge in [-0.05, 0) is 66.8 Å². The van der Waals surface area contributed by atoms with Gasteiger partial charge in [0.25, 0.3) is 23.4 Å². The quantitative estimate of drug-likeness (QED) is 0.0772. The number of esters is 1. The van der Waals surface area contributed by atoms with Crippen LogP contribution in [0.15, 0.2) is 83.5 Å². The molecule has 0 unspecified atom stereocenters. The molecule has 3 aromatic rings. The Morgan fingerprint density at radius 2 is 1.54 bits per heavy atom. The highest BCUT2D eigenvalue weighted by atomic mass is 16.6. The van der Waals surface area contributed by atoms with Crippen LogP contribution in [-0.4, -0.2) is 51.0 Å². The van der Waals surface area contributed by atoms with E-state index in [4.69, 9.17) is 9.15 Å². The van der Waals surface area contributed by atoms with Crippen molar-refractivity contribution in [2.75, 3.05) is 6.54 Å². The number of fused-ring (bicyclic) bond motifs is 5. The predicted molar refractivity (Wildman–Crippen MR) is 138 cm³/mol. The lowest BCUT2D eigenvalue weighted by Crippen LogP contribution is -2.52. The molecule has 41 heavy (non-hydrogen) atoms. The van der Waals surface area contributed by atoms with Crippen molar-refractivity contribution in [3.05, 3.63) is 106 Å². The number of carbonyl (C=O) groups is 5. The lowest BCUT2D eigenvalue weighted by molar-refractivity contribution is -0.384. The first-order chi connectivity index (χ1) is 19.7. The third-order valence-electron chi connectivity index (χ3n) is 7.65. The van der Waals surface area contributed by atoms with Crippen LogP contribution in [0.25, 0.3) is 0 Å². The van der Waals surface area contributed by atoms with Crippen molar-refractivity contribution in [1.82, 2.24) is 10.0 Å². The van der Waals surface area contributed by atoms with Gasteiger partial charge in [-0.3, -0.25) is 29.3 Å². The second-order valence-electron chi connectivity index (χ2n) is 9.97. The van der Waals surface area contributed by atoms with Crippen LogP contribution in [0.4, 0.5) is 5.69 Å². The lowest BCUT2D eigenvalue weighted by atomic mass is 9.85. The van der Waals surface area contributed by atoms with Crippen LogP contribution >= 0.6 is 0 Å². The maximum absolute atomic E-state index is 13.6. The number of non-ortho nitro benzene ring substituents is 1. The van der Waals surface area contributed by atoms with E-state index in [-0.39, 0.29) is 40.2 Å². The SMILES string of the molecule is O=C(CN(C(=O)c1ccc([N+](=O)[O-])cc1)N1C(=O)[C@@H]2[C@@H](C1=O)[C@H]1C=C[C@H]2C1)c1ccc(OC(=O)c2ccco2)cc1. The summed E-state index contributed by atoms with van der Waals surface area (Å²) in [5.41, 5.74) is -0.157. The molecule has 1 saturated carbocycles. The van der Waals surface area contributed by atoms with Crippen molar-refractivity contribution < 1.29 is 38.1 Å². The van der Waals surface area contributed by atoms with E-state index < -0.39 is 52.8 Å². The molecule has 6 rings (SSSR count). The van der Waals surface area contributed by atoms with E-state index in [0.717, 1.165) is 22.2 Å². The maximum atomic E-state index is 13.6. The maximum Gasteiger partial charge on any atom is 0.379 e. The highest BCUT2D eigenvalue weighted by Crippen LogP contribution is 2.52. The number of amides is 3. The molecule has 3 aliphatic rings. The minimum Gasteiger partial charge on any atom is -0.457 e. The zero-order chi connectivity index (χ0) is 28.8. The Morgan fingerprint density at radius 1 is 0.927 bits per heavy atom. The topological polar surface area (TPSA) is 157 Å². The number of ether oxygens (including phenoxy) is 1. The number of hydrazine groups is 1. The molecule has 206 valence electrons. The van der Waals surface area contributed by atoms with Crippen LogP contribution in [0.2, 0.25) is 0 Å². The van der Waals surface area contributed by atoms with E-state index in [1.54, 1.807) is 0 Å². The van der Waals surface area contributed by atoms with Gasteiger partial charge in [-0.15, -0.1) is 0 Å². The monoisotopic (exact) mass is 555 g/mol. The van der Waals surface area contributed by atoms with Gasteiger partial charge in [0.2, 0.25) is 5.76 Å². The largest absolute Gasteiger partial charge is 0.457 e. The summed E-state index contributed by atoms with van der Waals surface area (Å²) in [6.07, 6.45) is 5.84. The van der Waals surface area contributed by atoms with Gasteiger partial charge in [0.05, 0.1) is 23.0 Å². The summed E-state index contributed by atoms with van der Waals surface area (Å²) in [6.45, 7) is -0.652. The molecule has 1 saturated heterocycles. The predicted octanol–water partition coefficient (Wildman–Crippen LogP) is 3.45. The number of furan rings is 1. The summed E-state index contributed by atoms with van der Waals surface area (Å²) < 4.78 is 10.2. The van der Waals surface area contributed by atoms with E-state index in [0.29, 0.717) is 6.42 Å². The average molecular weight is 555 g/mol. The molecule has 12 heteroatoms. The van der Waals surface area contributed by atoms with Crippen LogP contribution in [0.3, 0.4) is 0 Å². The second kappa shape index (κ2) is 9.97. The third-order valence-corrected chi connectivity index (χ3v) is 7.65. The Labute approximate surface area is 231 Å². The van der Waals surface area contributed by atoms with E-state index in [1.807, 2.05) is 12.2 Å². The second-order valence-corrected chi connectivity index (χ2v) is 9.97. The fraction of sp³-hybridized carbons (Fsp3) is 0.207. The number of rotatable bonds is 8. The number of ketones is 1. The number of allylic oxidation sites excluding steroid dienone is 2. The Kier molecular flexibility index (Phi) is 6.29. The molecule has 2 aliphatic carbocycles. The van der Waals surface area contributed by atoms with E-state index >= 15 is 0 Å². The van der Waals surface area contributed by atoms with Gasteiger partial charge in [-0.25, -0.2) is 9.80 Å². The number of hydrogen-bond acceptors (Lipinski definition) is 9. The Balaban J connectivity index is 1.26. The first-order valence-electron chi connectivity index (χ1n) is 12.7. The smallest absolute Gasteiger partial charge is 0.379 e. The van der Waals surface area contributed by atoms with Gasteiger partial charge < -0.3 is 9.15 Å². The van der Waals surface area contributed by atoms with E-state index in [2.05, 4.69) is 0 Å². The molecular weight excluding hydrogens is 534 g/mol. The fourth-order valence-electron chi connectivity index (χ4n) is 5.72. The molecule has 1 aliphatic heterocycles. The summed E-state index contributed by atoms with van der Waals surface area (Å²) in [4.78, 5) is 76.5. The Bertz CT molecular complexity index is 1580. The van der Waals surface area contributed by atoms with Crippen LogP contribution in [0.5, 0.6) is 5.75 Å². The van der Waals surface area contributed by atoms with Crippen molar-refractivity contribution in [1.29, 1.82) is 0 Å². The Morgan fingerprint density at radius 3 is 2.10 bits per heavy atom. The van der Waals surface area contributed by atoms with Crippen molar-refractivity contribution >= 4 is 35.2 Å². The fourth-order valence-corrected chi connectivity index (χ4v) is 5.72. The standard InChI is InChI=1S/C29H21N3O9/c33-22(16-7-11-21(12-8-16)41-29(37)23-2-1-13-40-23)15-30(26(34)17-5-9-20(10-6-17)32(38)39)31-27(35)24-18-3-4-19(14-18)25(24)28(31)36/h1-13,18-19,24-25H,14-15H2/t18-,19-,24-,25-/m0/s1. The van der Waals surface area contributed by atoms with E-state index in [1.165, 1.54) is 54.8 Å². The molecule has 0 spiro atoms. The van der Waals surface area contributed by atoms with Crippen LogP contribution in [0.1, 0.15) is 37.7 Å². The molecule has 0 radical (unpaired) electrons. The number of Topliss-reactive ketones (excluding diaryl/α,β-unsaturated/α-hetero) is 1. The number of nitro benzene ring substituents is 1. The summed E-state index contributed by atoms with van der Waals surface area (Å²) in [5.74, 6) is -4.58. The molecule has 2 heterocycles. The highest BCUT2D eigenvalue weighted by Gasteiger charge is 2.61. The van der Waals surface area contributed by atoms with Crippen molar-refractivity contribution in [2.24, 2.45) is 23.7 Å². The molecule has 3 amide bonds. The molecule has 1 aromatic heterocycles. The van der Waals surface area contributed by atoms with Gasteiger partial charge in [0.1, 0.15) is 12.3 Å². The summed E-state index contributed by atoms with van der Waals surface area (Å²) in [6, 6.07) is 13.2. The van der Waals surface area contributed by atoms with E-state index in [9.17, 15) is 34.1 Å². The zero-order valence-electron chi connectivity index (χ0n) is 21.2. The molecule has 12 nitrogen and oxygen atoms in total. The average Bonchev–Trinajstić information content (AvgIpc) is 3.78. The third kappa shape index (κ3) is 4.48. The number of hydrogen-bond donors (Lipinski definition) is 0. The van der Waals surface area contributed by atoms with Crippen LogP contribution in [0, 0.1) is 33.8 Å². The van der Waals surface area contributed by atoms with Gasteiger partial charge in [-0.1, -0.05) is 12.2 Å². The van der Waals surface area contributed by atoms with Gasteiger partial charge in [0, 0.05) is 23.3 Å². The summed E-state index contributed by atoms with van der Waals surface area (Å²) >= 11 is 0. The molecule has 2 fully saturated rings. The minimum atomic E-state index is -0.834. The minimum absolute atomic E-state index is 0.00102. The molecule has 2 bridgehead atoms. The number of carbonyl (C=O) groups excluding carboxylic acids is 5. The molecule has 0 N–H and O–H groups in total. The molecule has 4 atom stereocenters. The van der Waals surface area contributed by atoms with Gasteiger partial charge >= 0.3 is 5.97 Å². The number of benzene rings is 2. The van der Waals surface area contributed by atoms with Crippen molar-refractivity contribution in [2.45, 2.75) is 6.42 Å². The van der Waals surface area contributed by atoms with Crippen molar-refractivity contribution in [3.8, 4) is 5.75 Å². The number of nitro groups is 1. The van der Waals surface area contributed by atoms with Gasteiger partial charge in [-0.2, -0.15) is 5.01 Å². The molecular formula is C29H21N3O9. The van der Waals surface area contributed by atoms with Gasteiger partial charge in [0.15, 0.2) is 5.78 Å². The lowest BCUT2D eigenvalue weighted by Gasteiger charge is -2.30. The number of imide groups is 1. The summed E-state index contributed by atoms with van der Waals surface area (Å²) in [5, 5.41) is 12.6.